The summed E-state index contributed by atoms with van der Waals surface area (Å²) in [4.78, 5) is 11.7. The highest BCUT2D eigenvalue weighted by Crippen LogP contribution is 2.32. The van der Waals surface area contributed by atoms with Crippen molar-refractivity contribution < 1.29 is 14.3 Å². The average Bonchev–Trinajstić information content (AvgIpc) is 2.82. The van der Waals surface area contributed by atoms with Crippen LogP contribution in [0, 0.1) is 5.92 Å². The molecule has 0 saturated heterocycles. The van der Waals surface area contributed by atoms with Crippen LogP contribution in [-0.2, 0) is 9.53 Å². The normalized spacial score (nSPS) is 18.8. The lowest BCUT2D eigenvalue weighted by Gasteiger charge is -2.21. The largest absolute Gasteiger partial charge is 0.493 e. The molecule has 2 rings (SSSR count). The van der Waals surface area contributed by atoms with Crippen molar-refractivity contribution in [3.05, 3.63) is 29.8 Å². The molecule has 2 atom stereocenters. The van der Waals surface area contributed by atoms with Crippen LogP contribution >= 0.6 is 0 Å². The molecule has 0 fully saturated rings. The van der Waals surface area contributed by atoms with Crippen molar-refractivity contribution in [1.82, 2.24) is 5.32 Å². The van der Waals surface area contributed by atoms with E-state index < -0.39 is 0 Å². The van der Waals surface area contributed by atoms with Gasteiger partial charge < -0.3 is 14.8 Å². The summed E-state index contributed by atoms with van der Waals surface area (Å²) in [5, 5.41) is 3.30. The minimum Gasteiger partial charge on any atom is -0.493 e. The second-order valence-corrected chi connectivity index (χ2v) is 5.20. The van der Waals surface area contributed by atoms with Crippen LogP contribution in [-0.4, -0.2) is 32.3 Å². The number of benzene rings is 1. The number of methoxy groups -OCH3 is 1. The van der Waals surface area contributed by atoms with Gasteiger partial charge in [0.2, 0.25) is 0 Å². The summed E-state index contributed by atoms with van der Waals surface area (Å²) in [5.41, 5.74) is 1.21. The maximum atomic E-state index is 11.7. The Balaban J connectivity index is 1.97. The summed E-state index contributed by atoms with van der Waals surface area (Å²) >= 11 is 0. The van der Waals surface area contributed by atoms with Crippen molar-refractivity contribution in [2.24, 2.45) is 5.92 Å². The number of carbonyl (C=O) groups excluding carboxylic acids is 1. The summed E-state index contributed by atoms with van der Waals surface area (Å²) in [5.74, 6) is 1.24. The Morgan fingerprint density at radius 3 is 2.89 bits per heavy atom. The number of para-hydroxylation sites is 1. The van der Waals surface area contributed by atoms with Gasteiger partial charge >= 0.3 is 5.97 Å². The average molecular weight is 263 g/mol. The molecule has 0 aliphatic carbocycles. The van der Waals surface area contributed by atoms with Gasteiger partial charge in [0.05, 0.1) is 13.7 Å². The molecule has 1 heterocycles. The minimum atomic E-state index is -0.266. The number of carbonyl (C=O) groups is 1. The minimum absolute atomic E-state index is 0.199. The predicted octanol–water partition coefficient (Wildman–Crippen LogP) is 1.95. The van der Waals surface area contributed by atoms with Gasteiger partial charge in [0.25, 0.3) is 0 Å². The fourth-order valence-corrected chi connectivity index (χ4v) is 2.39. The monoisotopic (exact) mass is 263 g/mol. The van der Waals surface area contributed by atoms with Gasteiger partial charge in [0.15, 0.2) is 0 Å². The zero-order valence-corrected chi connectivity index (χ0v) is 11.7. The van der Waals surface area contributed by atoms with Crippen molar-refractivity contribution in [2.75, 3.05) is 20.3 Å². The SMILES string of the molecule is COC(=O)C(NCC1COc2ccccc21)C(C)C. The van der Waals surface area contributed by atoms with Gasteiger partial charge in [-0.3, -0.25) is 4.79 Å². The summed E-state index contributed by atoms with van der Waals surface area (Å²) in [6.45, 7) is 5.40. The fourth-order valence-electron chi connectivity index (χ4n) is 2.39. The molecule has 4 nitrogen and oxygen atoms in total. The molecular formula is C15H21NO3. The lowest BCUT2D eigenvalue weighted by atomic mass is 9.99. The summed E-state index contributed by atoms with van der Waals surface area (Å²) < 4.78 is 10.5. The first-order valence-electron chi connectivity index (χ1n) is 6.66. The maximum absolute atomic E-state index is 11.7. The predicted molar refractivity (Wildman–Crippen MR) is 73.3 cm³/mol. The number of hydrogen-bond acceptors (Lipinski definition) is 4. The van der Waals surface area contributed by atoms with E-state index in [-0.39, 0.29) is 17.9 Å². The number of nitrogens with one attached hydrogen (secondary N) is 1. The Bertz CT molecular complexity index is 445. The van der Waals surface area contributed by atoms with Crippen molar-refractivity contribution in [2.45, 2.75) is 25.8 Å². The Kier molecular flexibility index (Phi) is 4.43. The molecule has 0 saturated carbocycles. The number of fused-ring (bicyclic) bond motifs is 1. The zero-order valence-electron chi connectivity index (χ0n) is 11.7. The van der Waals surface area contributed by atoms with E-state index in [0.717, 1.165) is 12.3 Å². The second kappa shape index (κ2) is 6.06. The van der Waals surface area contributed by atoms with Crippen molar-refractivity contribution in [1.29, 1.82) is 0 Å². The highest BCUT2D eigenvalue weighted by molar-refractivity contribution is 5.75. The maximum Gasteiger partial charge on any atom is 0.323 e. The van der Waals surface area contributed by atoms with Crippen LogP contribution in [0.1, 0.15) is 25.3 Å². The standard InChI is InChI=1S/C15H21NO3/c1-10(2)14(15(17)18-3)16-8-11-9-19-13-7-5-4-6-12(11)13/h4-7,10-11,14,16H,8-9H2,1-3H3. The molecule has 0 radical (unpaired) electrons. The second-order valence-electron chi connectivity index (χ2n) is 5.20. The van der Waals surface area contributed by atoms with E-state index in [9.17, 15) is 4.79 Å². The van der Waals surface area contributed by atoms with Crippen LogP contribution in [0.15, 0.2) is 24.3 Å². The lowest BCUT2D eigenvalue weighted by Crippen LogP contribution is -2.43. The van der Waals surface area contributed by atoms with E-state index in [4.69, 9.17) is 9.47 Å². The third-order valence-electron chi connectivity index (χ3n) is 3.50. The molecule has 0 aromatic heterocycles. The molecule has 1 aliphatic rings. The molecule has 104 valence electrons. The Morgan fingerprint density at radius 2 is 2.21 bits per heavy atom. The third kappa shape index (κ3) is 3.07. The van der Waals surface area contributed by atoms with E-state index in [1.807, 2.05) is 32.0 Å². The molecule has 0 amide bonds. The summed E-state index contributed by atoms with van der Waals surface area (Å²) in [7, 11) is 1.42. The fraction of sp³-hybridized carbons (Fsp3) is 0.533. The highest BCUT2D eigenvalue weighted by atomic mass is 16.5. The Morgan fingerprint density at radius 1 is 1.47 bits per heavy atom. The zero-order chi connectivity index (χ0) is 13.8. The molecule has 1 aromatic rings. The number of ether oxygens (including phenoxy) is 2. The van der Waals surface area contributed by atoms with Gasteiger partial charge in [-0.05, 0) is 12.0 Å². The van der Waals surface area contributed by atoms with Gasteiger partial charge in [-0.1, -0.05) is 32.0 Å². The van der Waals surface area contributed by atoms with E-state index >= 15 is 0 Å². The van der Waals surface area contributed by atoms with Crippen LogP contribution < -0.4 is 10.1 Å². The van der Waals surface area contributed by atoms with Crippen molar-refractivity contribution >= 4 is 5.97 Å². The van der Waals surface area contributed by atoms with Gasteiger partial charge in [0, 0.05) is 18.0 Å². The topological polar surface area (TPSA) is 47.6 Å². The number of esters is 1. The number of hydrogen-bond donors (Lipinski definition) is 1. The third-order valence-corrected chi connectivity index (χ3v) is 3.50. The van der Waals surface area contributed by atoms with Gasteiger partial charge in [0.1, 0.15) is 11.8 Å². The molecule has 1 aromatic carbocycles. The lowest BCUT2D eigenvalue weighted by molar-refractivity contribution is -0.144. The highest BCUT2D eigenvalue weighted by Gasteiger charge is 2.27. The van der Waals surface area contributed by atoms with Crippen LogP contribution in [0.2, 0.25) is 0 Å². The van der Waals surface area contributed by atoms with Crippen LogP contribution in [0.4, 0.5) is 0 Å². The van der Waals surface area contributed by atoms with Gasteiger partial charge in [-0.15, -0.1) is 0 Å². The van der Waals surface area contributed by atoms with E-state index in [2.05, 4.69) is 11.4 Å². The molecule has 1 N–H and O–H groups in total. The van der Waals surface area contributed by atoms with E-state index in [1.165, 1.54) is 12.7 Å². The van der Waals surface area contributed by atoms with Crippen LogP contribution in [0.25, 0.3) is 0 Å². The first-order chi connectivity index (χ1) is 9.13. The van der Waals surface area contributed by atoms with Crippen molar-refractivity contribution in [3.8, 4) is 5.75 Å². The number of rotatable bonds is 5. The molecular weight excluding hydrogens is 242 g/mol. The molecule has 19 heavy (non-hydrogen) atoms. The van der Waals surface area contributed by atoms with E-state index in [1.54, 1.807) is 0 Å². The molecule has 2 unspecified atom stereocenters. The molecule has 0 bridgehead atoms. The van der Waals surface area contributed by atoms with Crippen molar-refractivity contribution in [3.63, 3.8) is 0 Å². The van der Waals surface area contributed by atoms with Gasteiger partial charge in [-0.2, -0.15) is 0 Å². The quantitative estimate of drug-likeness (QED) is 0.825. The smallest absolute Gasteiger partial charge is 0.323 e. The van der Waals surface area contributed by atoms with E-state index in [0.29, 0.717) is 12.5 Å². The summed E-state index contributed by atoms with van der Waals surface area (Å²) in [6.07, 6.45) is 0. The van der Waals surface area contributed by atoms with Gasteiger partial charge in [-0.25, -0.2) is 0 Å². The molecule has 1 aliphatic heterocycles. The Labute approximate surface area is 114 Å². The first kappa shape index (κ1) is 13.9. The molecule has 4 heteroatoms. The molecule has 0 spiro atoms. The van der Waals surface area contributed by atoms with Crippen LogP contribution in [0.5, 0.6) is 5.75 Å². The summed E-state index contributed by atoms with van der Waals surface area (Å²) in [6, 6.07) is 7.78. The van der Waals surface area contributed by atoms with Crippen LogP contribution in [0.3, 0.4) is 0 Å². The first-order valence-corrected chi connectivity index (χ1v) is 6.66. The Hall–Kier alpha value is -1.55.